The van der Waals surface area contributed by atoms with Gasteiger partial charge < -0.3 is 15.4 Å². The van der Waals surface area contributed by atoms with Crippen molar-refractivity contribution in [3.05, 3.63) is 0 Å². The predicted molar refractivity (Wildman–Crippen MR) is 81.7 cm³/mol. The van der Waals surface area contributed by atoms with E-state index in [1.165, 1.54) is 7.11 Å². The first kappa shape index (κ1) is 17.9. The van der Waals surface area contributed by atoms with E-state index >= 15 is 0 Å². The van der Waals surface area contributed by atoms with Crippen molar-refractivity contribution in [2.75, 3.05) is 39.8 Å². The number of likely N-dealkylation sites (tertiary alicyclic amines) is 1. The molecule has 0 radical (unpaired) electrons. The van der Waals surface area contributed by atoms with E-state index < -0.39 is 0 Å². The topological polar surface area (TPSA) is 75.9 Å². The molecule has 1 aliphatic rings. The number of rotatable bonds is 7. The Labute approximate surface area is 127 Å². The lowest BCUT2D eigenvalue weighted by Crippen LogP contribution is -2.47. The minimum absolute atomic E-state index is 0.0862. The maximum absolute atomic E-state index is 12.4. The molecule has 0 atom stereocenters. The summed E-state index contributed by atoms with van der Waals surface area (Å²) in [6, 6.07) is 0.266. The zero-order chi connectivity index (χ0) is 15.8. The Morgan fingerprint density at radius 3 is 2.48 bits per heavy atom. The molecule has 2 N–H and O–H groups in total. The van der Waals surface area contributed by atoms with Gasteiger partial charge in [-0.25, -0.2) is 0 Å². The molecule has 0 aliphatic carbocycles. The van der Waals surface area contributed by atoms with E-state index in [1.807, 2.05) is 0 Å². The SMILES string of the molecule is COC(=O)CCN(CC(C)C)C(=O)CN1CCC(N)CC1. The molecule has 0 unspecified atom stereocenters. The van der Waals surface area contributed by atoms with Crippen LogP contribution in [0.2, 0.25) is 0 Å². The summed E-state index contributed by atoms with van der Waals surface area (Å²) < 4.78 is 4.65. The van der Waals surface area contributed by atoms with Crippen molar-refractivity contribution in [3.8, 4) is 0 Å². The van der Waals surface area contributed by atoms with E-state index in [2.05, 4.69) is 23.5 Å². The minimum atomic E-state index is -0.277. The highest BCUT2D eigenvalue weighted by atomic mass is 16.5. The maximum atomic E-state index is 12.4. The van der Waals surface area contributed by atoms with E-state index in [-0.39, 0.29) is 24.3 Å². The fourth-order valence-electron chi connectivity index (χ4n) is 2.49. The first-order chi connectivity index (χ1) is 9.92. The monoisotopic (exact) mass is 299 g/mol. The van der Waals surface area contributed by atoms with E-state index in [4.69, 9.17) is 5.73 Å². The molecule has 0 aromatic heterocycles. The Morgan fingerprint density at radius 2 is 1.95 bits per heavy atom. The molecule has 6 heteroatoms. The Hall–Kier alpha value is -1.14. The Balaban J connectivity index is 2.47. The van der Waals surface area contributed by atoms with Gasteiger partial charge in [0.25, 0.3) is 0 Å². The molecule has 1 saturated heterocycles. The fraction of sp³-hybridized carbons (Fsp3) is 0.867. The van der Waals surface area contributed by atoms with Gasteiger partial charge in [-0.15, -0.1) is 0 Å². The van der Waals surface area contributed by atoms with Crippen molar-refractivity contribution < 1.29 is 14.3 Å². The van der Waals surface area contributed by atoms with Gasteiger partial charge in [-0.05, 0) is 18.8 Å². The predicted octanol–water partition coefficient (Wildman–Crippen LogP) is 0.457. The molecule has 1 heterocycles. The van der Waals surface area contributed by atoms with Gasteiger partial charge in [0.1, 0.15) is 0 Å². The van der Waals surface area contributed by atoms with Crippen LogP contribution < -0.4 is 5.73 Å². The van der Waals surface area contributed by atoms with Gasteiger partial charge in [0.2, 0.25) is 5.91 Å². The number of methoxy groups -OCH3 is 1. The van der Waals surface area contributed by atoms with Crippen molar-refractivity contribution in [2.24, 2.45) is 11.7 Å². The van der Waals surface area contributed by atoms with Crippen molar-refractivity contribution in [3.63, 3.8) is 0 Å². The molecule has 1 amide bonds. The van der Waals surface area contributed by atoms with Gasteiger partial charge in [-0.3, -0.25) is 14.5 Å². The highest BCUT2D eigenvalue weighted by Gasteiger charge is 2.22. The highest BCUT2D eigenvalue weighted by molar-refractivity contribution is 5.79. The number of carbonyl (C=O) groups excluding carboxylic acids is 2. The van der Waals surface area contributed by atoms with Crippen molar-refractivity contribution >= 4 is 11.9 Å². The van der Waals surface area contributed by atoms with E-state index in [1.54, 1.807) is 4.90 Å². The average molecular weight is 299 g/mol. The fourth-order valence-corrected chi connectivity index (χ4v) is 2.49. The summed E-state index contributed by atoms with van der Waals surface area (Å²) in [5.41, 5.74) is 5.88. The normalized spacial score (nSPS) is 17.0. The van der Waals surface area contributed by atoms with Crippen LogP contribution in [-0.4, -0.2) is 67.6 Å². The maximum Gasteiger partial charge on any atom is 0.307 e. The average Bonchev–Trinajstić information content (AvgIpc) is 2.45. The Kier molecular flexibility index (Phi) is 7.67. The van der Waals surface area contributed by atoms with Gasteiger partial charge in [0.15, 0.2) is 0 Å². The number of nitrogens with zero attached hydrogens (tertiary/aromatic N) is 2. The summed E-state index contributed by atoms with van der Waals surface area (Å²) in [7, 11) is 1.37. The molecule has 0 saturated carbocycles. The lowest BCUT2D eigenvalue weighted by atomic mass is 10.1. The molecular formula is C15H29N3O3. The molecule has 1 aliphatic heterocycles. The molecule has 122 valence electrons. The summed E-state index contributed by atoms with van der Waals surface area (Å²) in [6.45, 7) is 7.40. The number of hydrogen-bond acceptors (Lipinski definition) is 5. The summed E-state index contributed by atoms with van der Waals surface area (Å²) >= 11 is 0. The molecule has 0 spiro atoms. The Bertz CT molecular complexity index is 339. The zero-order valence-electron chi connectivity index (χ0n) is 13.5. The molecule has 0 aromatic carbocycles. The molecule has 1 rings (SSSR count). The molecule has 1 fully saturated rings. The minimum Gasteiger partial charge on any atom is -0.469 e. The van der Waals surface area contributed by atoms with Crippen LogP contribution in [0.1, 0.15) is 33.1 Å². The van der Waals surface area contributed by atoms with Crippen LogP contribution in [0.25, 0.3) is 0 Å². The highest BCUT2D eigenvalue weighted by Crippen LogP contribution is 2.09. The lowest BCUT2D eigenvalue weighted by molar-refractivity contribution is -0.142. The summed E-state index contributed by atoms with van der Waals surface area (Å²) in [5.74, 6) is 0.185. The van der Waals surface area contributed by atoms with Crippen molar-refractivity contribution in [2.45, 2.75) is 39.2 Å². The second kappa shape index (κ2) is 9.00. The van der Waals surface area contributed by atoms with E-state index in [0.717, 1.165) is 25.9 Å². The third-order valence-corrected chi connectivity index (χ3v) is 3.74. The van der Waals surface area contributed by atoms with Crippen molar-refractivity contribution in [1.29, 1.82) is 0 Å². The Morgan fingerprint density at radius 1 is 1.33 bits per heavy atom. The molecular weight excluding hydrogens is 270 g/mol. The largest absolute Gasteiger partial charge is 0.469 e. The number of carbonyl (C=O) groups is 2. The first-order valence-corrected chi connectivity index (χ1v) is 7.75. The second-order valence-electron chi connectivity index (χ2n) is 6.17. The van der Waals surface area contributed by atoms with E-state index in [9.17, 15) is 9.59 Å². The smallest absolute Gasteiger partial charge is 0.307 e. The van der Waals surface area contributed by atoms with Crippen LogP contribution in [0.15, 0.2) is 0 Å². The van der Waals surface area contributed by atoms with Crippen molar-refractivity contribution in [1.82, 2.24) is 9.80 Å². The number of nitrogens with two attached hydrogens (primary N) is 1. The lowest BCUT2D eigenvalue weighted by Gasteiger charge is -2.32. The van der Waals surface area contributed by atoms with Gasteiger partial charge >= 0.3 is 5.97 Å². The van der Waals surface area contributed by atoms with Crippen LogP contribution in [-0.2, 0) is 14.3 Å². The summed E-state index contributed by atoms with van der Waals surface area (Å²) in [5, 5.41) is 0. The third-order valence-electron chi connectivity index (χ3n) is 3.74. The van der Waals surface area contributed by atoms with Gasteiger partial charge in [0, 0.05) is 32.2 Å². The summed E-state index contributed by atoms with van der Waals surface area (Å²) in [4.78, 5) is 27.6. The number of ether oxygens (including phenoxy) is 1. The molecule has 6 nitrogen and oxygen atoms in total. The van der Waals surface area contributed by atoms with E-state index in [0.29, 0.717) is 25.6 Å². The third kappa shape index (κ3) is 6.91. The standard InChI is InChI=1S/C15H29N3O3/c1-12(2)10-18(9-6-15(20)21-3)14(19)11-17-7-4-13(16)5-8-17/h12-13H,4-11,16H2,1-3H3. The van der Waals surface area contributed by atoms with Crippen LogP contribution in [0, 0.1) is 5.92 Å². The van der Waals surface area contributed by atoms with Crippen LogP contribution in [0.3, 0.4) is 0 Å². The van der Waals surface area contributed by atoms with Crippen LogP contribution >= 0.6 is 0 Å². The van der Waals surface area contributed by atoms with Crippen LogP contribution in [0.4, 0.5) is 0 Å². The molecule has 0 aromatic rings. The quantitative estimate of drug-likeness (QED) is 0.691. The van der Waals surface area contributed by atoms with Gasteiger partial charge in [-0.2, -0.15) is 0 Å². The number of amides is 1. The zero-order valence-corrected chi connectivity index (χ0v) is 13.5. The number of piperidine rings is 1. The number of esters is 1. The molecule has 0 bridgehead atoms. The van der Waals surface area contributed by atoms with Gasteiger partial charge in [0.05, 0.1) is 20.1 Å². The molecule has 21 heavy (non-hydrogen) atoms. The number of hydrogen-bond donors (Lipinski definition) is 1. The van der Waals surface area contributed by atoms with Crippen LogP contribution in [0.5, 0.6) is 0 Å². The summed E-state index contributed by atoms with van der Waals surface area (Å²) in [6.07, 6.45) is 2.14. The first-order valence-electron chi connectivity index (χ1n) is 7.75. The van der Waals surface area contributed by atoms with Gasteiger partial charge in [-0.1, -0.05) is 13.8 Å². The second-order valence-corrected chi connectivity index (χ2v) is 6.17.